The average molecular weight is 309 g/mol. The average Bonchev–Trinajstić information content (AvgIpc) is 2.84. The molecule has 8 heteroatoms. The third-order valence-corrected chi connectivity index (χ3v) is 4.59. The Labute approximate surface area is 124 Å². The Morgan fingerprint density at radius 1 is 1.38 bits per heavy atom. The van der Waals surface area contributed by atoms with E-state index in [2.05, 4.69) is 14.8 Å². The Balaban J connectivity index is 2.09. The Morgan fingerprint density at radius 3 is 2.76 bits per heavy atom. The number of rotatable bonds is 6. The first-order valence-electron chi connectivity index (χ1n) is 6.65. The van der Waals surface area contributed by atoms with E-state index >= 15 is 0 Å². The van der Waals surface area contributed by atoms with Crippen LogP contribution in [0.4, 0.5) is 5.69 Å². The molecule has 0 saturated heterocycles. The van der Waals surface area contributed by atoms with Crippen molar-refractivity contribution in [3.8, 4) is 0 Å². The van der Waals surface area contributed by atoms with Crippen LogP contribution >= 0.6 is 0 Å². The lowest BCUT2D eigenvalue weighted by Gasteiger charge is -2.10. The maximum Gasteiger partial charge on any atom is 0.240 e. The van der Waals surface area contributed by atoms with Crippen LogP contribution in [0.2, 0.25) is 0 Å². The van der Waals surface area contributed by atoms with Gasteiger partial charge in [0.1, 0.15) is 6.33 Å². The van der Waals surface area contributed by atoms with Crippen LogP contribution in [0.1, 0.15) is 18.3 Å². The highest BCUT2D eigenvalue weighted by atomic mass is 32.2. The molecule has 21 heavy (non-hydrogen) atoms. The van der Waals surface area contributed by atoms with E-state index in [1.807, 2.05) is 6.92 Å². The molecule has 0 aliphatic rings. The second-order valence-electron chi connectivity index (χ2n) is 4.70. The smallest absolute Gasteiger partial charge is 0.240 e. The second kappa shape index (κ2) is 6.23. The van der Waals surface area contributed by atoms with Crippen LogP contribution in [0.5, 0.6) is 0 Å². The summed E-state index contributed by atoms with van der Waals surface area (Å²) >= 11 is 0. The van der Waals surface area contributed by atoms with Crippen molar-refractivity contribution in [3.63, 3.8) is 0 Å². The van der Waals surface area contributed by atoms with Gasteiger partial charge in [-0.2, -0.15) is 5.10 Å². The van der Waals surface area contributed by atoms with E-state index < -0.39 is 10.0 Å². The highest BCUT2D eigenvalue weighted by molar-refractivity contribution is 7.89. The van der Waals surface area contributed by atoms with E-state index in [9.17, 15) is 8.42 Å². The van der Waals surface area contributed by atoms with Crippen LogP contribution in [-0.4, -0.2) is 29.7 Å². The maximum atomic E-state index is 12.3. The molecule has 0 saturated carbocycles. The summed E-state index contributed by atoms with van der Waals surface area (Å²) in [6.45, 7) is 2.15. The van der Waals surface area contributed by atoms with E-state index in [0.29, 0.717) is 24.4 Å². The van der Waals surface area contributed by atoms with Gasteiger partial charge in [-0.1, -0.05) is 13.0 Å². The van der Waals surface area contributed by atoms with Crippen molar-refractivity contribution in [2.24, 2.45) is 7.05 Å². The van der Waals surface area contributed by atoms with E-state index in [4.69, 9.17) is 5.73 Å². The Morgan fingerprint density at radius 2 is 2.14 bits per heavy atom. The van der Waals surface area contributed by atoms with Crippen LogP contribution in [0.25, 0.3) is 0 Å². The summed E-state index contributed by atoms with van der Waals surface area (Å²) in [4.78, 5) is 4.29. The van der Waals surface area contributed by atoms with Crippen molar-refractivity contribution >= 4 is 15.7 Å². The fourth-order valence-electron chi connectivity index (χ4n) is 1.99. The number of hydrogen-bond acceptors (Lipinski definition) is 5. The van der Waals surface area contributed by atoms with Crippen molar-refractivity contribution in [3.05, 3.63) is 35.9 Å². The van der Waals surface area contributed by atoms with Gasteiger partial charge in [-0.15, -0.1) is 0 Å². The summed E-state index contributed by atoms with van der Waals surface area (Å²) in [6.07, 6.45) is 2.64. The third-order valence-electron chi connectivity index (χ3n) is 3.05. The van der Waals surface area contributed by atoms with Gasteiger partial charge in [0.15, 0.2) is 5.82 Å². The summed E-state index contributed by atoms with van der Waals surface area (Å²) < 4.78 is 28.8. The number of nitrogens with two attached hydrogens (primary N) is 1. The van der Waals surface area contributed by atoms with Crippen molar-refractivity contribution in [2.75, 3.05) is 12.3 Å². The molecule has 7 nitrogen and oxygen atoms in total. The number of hydrogen-bond donors (Lipinski definition) is 2. The number of anilines is 1. The molecule has 3 N–H and O–H groups in total. The van der Waals surface area contributed by atoms with Crippen LogP contribution in [0.3, 0.4) is 0 Å². The quantitative estimate of drug-likeness (QED) is 0.756. The summed E-state index contributed by atoms with van der Waals surface area (Å²) in [5, 5.41) is 4.10. The highest BCUT2D eigenvalue weighted by Crippen LogP contribution is 2.19. The Bertz CT molecular complexity index is 724. The minimum absolute atomic E-state index is 0.235. The van der Waals surface area contributed by atoms with Crippen LogP contribution in [0, 0.1) is 0 Å². The lowest BCUT2D eigenvalue weighted by Crippen LogP contribution is -2.27. The molecule has 0 aliphatic carbocycles. The molecule has 0 unspecified atom stereocenters. The highest BCUT2D eigenvalue weighted by Gasteiger charge is 2.18. The zero-order chi connectivity index (χ0) is 15.5. The molecule has 0 amide bonds. The summed E-state index contributed by atoms with van der Waals surface area (Å²) in [5.74, 6) is 0.600. The molecular formula is C13H19N5O2S. The van der Waals surface area contributed by atoms with E-state index in [1.54, 1.807) is 30.2 Å². The summed E-state index contributed by atoms with van der Waals surface area (Å²) in [5.41, 5.74) is 6.86. The molecule has 0 fully saturated rings. The fraction of sp³-hybridized carbons (Fsp3) is 0.385. The zero-order valence-electron chi connectivity index (χ0n) is 12.1. The molecule has 0 aliphatic heterocycles. The minimum Gasteiger partial charge on any atom is -0.399 e. The fourth-order valence-corrected chi connectivity index (χ4v) is 3.36. The van der Waals surface area contributed by atoms with Gasteiger partial charge in [-0.25, -0.2) is 18.1 Å². The lowest BCUT2D eigenvalue weighted by atomic mass is 10.1. The van der Waals surface area contributed by atoms with Gasteiger partial charge in [0.2, 0.25) is 10.0 Å². The van der Waals surface area contributed by atoms with Crippen molar-refractivity contribution in [2.45, 2.75) is 24.7 Å². The molecule has 114 valence electrons. The standard InChI is InChI=1S/C13H19N5O2S/c1-3-10-4-5-11(14)8-12(10)21(19,20)16-7-6-13-15-9-18(2)17-13/h4-5,8-9,16H,3,6-7,14H2,1-2H3. The summed E-state index contributed by atoms with van der Waals surface area (Å²) in [7, 11) is -1.82. The third kappa shape index (κ3) is 3.79. The normalized spacial score (nSPS) is 11.7. The van der Waals surface area contributed by atoms with Crippen LogP contribution < -0.4 is 10.5 Å². The van der Waals surface area contributed by atoms with Gasteiger partial charge >= 0.3 is 0 Å². The molecule has 0 bridgehead atoms. The molecule has 1 heterocycles. The SMILES string of the molecule is CCc1ccc(N)cc1S(=O)(=O)NCCc1ncn(C)n1. The van der Waals surface area contributed by atoms with Crippen molar-refractivity contribution in [1.29, 1.82) is 0 Å². The van der Waals surface area contributed by atoms with E-state index in [1.165, 1.54) is 6.07 Å². The topological polar surface area (TPSA) is 103 Å². The summed E-state index contributed by atoms with van der Waals surface area (Å²) in [6, 6.07) is 4.93. The molecule has 2 rings (SSSR count). The Kier molecular flexibility index (Phi) is 4.59. The second-order valence-corrected chi connectivity index (χ2v) is 6.44. The number of aryl methyl sites for hydroxylation is 2. The van der Waals surface area contributed by atoms with Crippen molar-refractivity contribution < 1.29 is 8.42 Å². The molecule has 0 atom stereocenters. The molecule has 0 radical (unpaired) electrons. The molecule has 1 aromatic carbocycles. The van der Waals surface area contributed by atoms with Gasteiger partial charge < -0.3 is 5.73 Å². The van der Waals surface area contributed by atoms with Gasteiger partial charge in [0.05, 0.1) is 4.90 Å². The van der Waals surface area contributed by atoms with E-state index in [0.717, 1.165) is 5.56 Å². The lowest BCUT2D eigenvalue weighted by molar-refractivity contribution is 0.579. The molecule has 0 spiro atoms. The van der Waals surface area contributed by atoms with Gasteiger partial charge in [0, 0.05) is 25.7 Å². The predicted octanol–water partition coefficient (Wildman–Crippen LogP) is 0.481. The van der Waals surface area contributed by atoms with Gasteiger partial charge in [-0.3, -0.25) is 4.68 Å². The number of aromatic nitrogens is 3. The predicted molar refractivity (Wildman–Crippen MR) is 80.1 cm³/mol. The molecular weight excluding hydrogens is 290 g/mol. The number of benzene rings is 1. The van der Waals surface area contributed by atoms with Crippen LogP contribution in [0.15, 0.2) is 29.4 Å². The number of nitrogen functional groups attached to an aromatic ring is 1. The van der Waals surface area contributed by atoms with Crippen molar-refractivity contribution in [1.82, 2.24) is 19.5 Å². The zero-order valence-corrected chi connectivity index (χ0v) is 12.9. The number of sulfonamides is 1. The Hall–Kier alpha value is -1.93. The molecule has 1 aromatic heterocycles. The largest absolute Gasteiger partial charge is 0.399 e. The van der Waals surface area contributed by atoms with Gasteiger partial charge in [-0.05, 0) is 24.1 Å². The first-order chi connectivity index (χ1) is 9.92. The van der Waals surface area contributed by atoms with Crippen LogP contribution in [-0.2, 0) is 29.9 Å². The number of nitrogens with zero attached hydrogens (tertiary/aromatic N) is 3. The monoisotopic (exact) mass is 309 g/mol. The number of nitrogens with one attached hydrogen (secondary N) is 1. The van der Waals surface area contributed by atoms with E-state index in [-0.39, 0.29) is 11.4 Å². The molecule has 2 aromatic rings. The maximum absolute atomic E-state index is 12.3. The van der Waals surface area contributed by atoms with Gasteiger partial charge in [0.25, 0.3) is 0 Å². The minimum atomic E-state index is -3.58. The first-order valence-corrected chi connectivity index (χ1v) is 8.13. The first kappa shape index (κ1) is 15.5.